The Labute approximate surface area is 117 Å². The molecule has 20 heavy (non-hydrogen) atoms. The third kappa shape index (κ3) is 3.93. The molecule has 0 spiro atoms. The van der Waals surface area contributed by atoms with Crippen molar-refractivity contribution in [3.8, 4) is 0 Å². The number of aliphatic carboxylic acids is 1. The fraction of sp³-hybridized carbons (Fsp3) is 0.769. The SMILES string of the molecule is O=C(O)CN1CCCN(C(=O)C2CCC(=O)NC2)CC1. The number of nitrogens with zero attached hydrogens (tertiary/aromatic N) is 2. The number of hydrogen-bond donors (Lipinski definition) is 2. The van der Waals surface area contributed by atoms with Crippen molar-refractivity contribution in [2.45, 2.75) is 19.3 Å². The molecule has 2 N–H and O–H groups in total. The lowest BCUT2D eigenvalue weighted by molar-refractivity contribution is -0.138. The maximum absolute atomic E-state index is 12.4. The van der Waals surface area contributed by atoms with Gasteiger partial charge < -0.3 is 15.3 Å². The summed E-state index contributed by atoms with van der Waals surface area (Å²) in [5.74, 6) is -0.863. The molecule has 7 heteroatoms. The number of piperidine rings is 1. The summed E-state index contributed by atoms with van der Waals surface area (Å²) in [7, 11) is 0. The van der Waals surface area contributed by atoms with E-state index in [4.69, 9.17) is 5.11 Å². The molecular formula is C13H21N3O4. The molecule has 2 aliphatic heterocycles. The molecule has 112 valence electrons. The molecule has 0 saturated carbocycles. The molecule has 2 rings (SSSR count). The Morgan fingerprint density at radius 2 is 2.05 bits per heavy atom. The van der Waals surface area contributed by atoms with Crippen molar-refractivity contribution in [1.29, 1.82) is 0 Å². The first-order valence-electron chi connectivity index (χ1n) is 7.06. The smallest absolute Gasteiger partial charge is 0.317 e. The predicted octanol–water partition coefficient (Wildman–Crippen LogP) is -0.868. The Hall–Kier alpha value is -1.63. The molecule has 0 radical (unpaired) electrons. The minimum atomic E-state index is -0.834. The van der Waals surface area contributed by atoms with Crippen molar-refractivity contribution < 1.29 is 19.5 Å². The lowest BCUT2D eigenvalue weighted by Gasteiger charge is -2.28. The van der Waals surface area contributed by atoms with Gasteiger partial charge in [-0.1, -0.05) is 0 Å². The second-order valence-electron chi connectivity index (χ2n) is 5.39. The zero-order valence-corrected chi connectivity index (χ0v) is 11.5. The third-order valence-electron chi connectivity index (χ3n) is 3.87. The van der Waals surface area contributed by atoms with Crippen LogP contribution in [0, 0.1) is 5.92 Å². The quantitative estimate of drug-likeness (QED) is 0.703. The Morgan fingerprint density at radius 1 is 1.25 bits per heavy atom. The molecule has 1 atom stereocenters. The number of amides is 2. The summed E-state index contributed by atoms with van der Waals surface area (Å²) in [6.45, 7) is 2.99. The topological polar surface area (TPSA) is 90.0 Å². The molecule has 2 saturated heterocycles. The molecule has 2 heterocycles. The lowest BCUT2D eigenvalue weighted by Crippen LogP contribution is -2.46. The largest absolute Gasteiger partial charge is 0.480 e. The molecule has 0 bridgehead atoms. The third-order valence-corrected chi connectivity index (χ3v) is 3.87. The van der Waals surface area contributed by atoms with E-state index in [0.717, 1.165) is 6.42 Å². The lowest BCUT2D eigenvalue weighted by atomic mass is 9.97. The normalized spacial score (nSPS) is 24.9. The number of carbonyl (C=O) groups excluding carboxylic acids is 2. The van der Waals surface area contributed by atoms with Gasteiger partial charge in [-0.05, 0) is 12.8 Å². The van der Waals surface area contributed by atoms with Crippen LogP contribution in [0.5, 0.6) is 0 Å². The number of rotatable bonds is 3. The van der Waals surface area contributed by atoms with E-state index in [1.807, 2.05) is 9.80 Å². The average Bonchev–Trinajstić information content (AvgIpc) is 2.64. The summed E-state index contributed by atoms with van der Waals surface area (Å²) in [4.78, 5) is 37.9. The van der Waals surface area contributed by atoms with Crippen LogP contribution in [0.1, 0.15) is 19.3 Å². The van der Waals surface area contributed by atoms with Crippen molar-refractivity contribution in [2.75, 3.05) is 39.3 Å². The van der Waals surface area contributed by atoms with Crippen LogP contribution in [0.15, 0.2) is 0 Å². The van der Waals surface area contributed by atoms with Crippen LogP contribution in [-0.4, -0.2) is 72.0 Å². The Bertz CT molecular complexity index is 389. The average molecular weight is 283 g/mol. The fourth-order valence-electron chi connectivity index (χ4n) is 2.74. The summed E-state index contributed by atoms with van der Waals surface area (Å²) in [6.07, 6.45) is 1.81. The molecule has 7 nitrogen and oxygen atoms in total. The first-order chi connectivity index (χ1) is 9.56. The van der Waals surface area contributed by atoms with Crippen molar-refractivity contribution in [1.82, 2.24) is 15.1 Å². The van der Waals surface area contributed by atoms with Gasteiger partial charge >= 0.3 is 5.97 Å². The highest BCUT2D eigenvalue weighted by atomic mass is 16.4. The monoisotopic (exact) mass is 283 g/mol. The van der Waals surface area contributed by atoms with Gasteiger partial charge in [0.25, 0.3) is 0 Å². The summed E-state index contributed by atoms with van der Waals surface area (Å²) in [6, 6.07) is 0. The standard InChI is InChI=1S/C13H21N3O4/c17-11-3-2-10(8-14-11)13(20)16-5-1-4-15(6-7-16)9-12(18)19/h10H,1-9H2,(H,14,17)(H,18,19). The summed E-state index contributed by atoms with van der Waals surface area (Å²) < 4.78 is 0. The number of hydrogen-bond acceptors (Lipinski definition) is 4. The van der Waals surface area contributed by atoms with Gasteiger partial charge in [0, 0.05) is 39.1 Å². The van der Waals surface area contributed by atoms with Crippen molar-refractivity contribution in [3.63, 3.8) is 0 Å². The molecule has 0 aromatic heterocycles. The van der Waals surface area contributed by atoms with Crippen molar-refractivity contribution in [3.05, 3.63) is 0 Å². The van der Waals surface area contributed by atoms with Gasteiger partial charge in [-0.25, -0.2) is 0 Å². The van der Waals surface area contributed by atoms with Gasteiger partial charge in [0.05, 0.1) is 12.5 Å². The minimum absolute atomic E-state index is 0.0116. The minimum Gasteiger partial charge on any atom is -0.480 e. The predicted molar refractivity (Wildman–Crippen MR) is 71.0 cm³/mol. The van der Waals surface area contributed by atoms with E-state index < -0.39 is 5.97 Å². The van der Waals surface area contributed by atoms with Crippen LogP contribution >= 0.6 is 0 Å². The molecule has 2 fully saturated rings. The van der Waals surface area contributed by atoms with Crippen molar-refractivity contribution in [2.24, 2.45) is 5.92 Å². The zero-order chi connectivity index (χ0) is 14.5. The summed E-state index contributed by atoms with van der Waals surface area (Å²) in [5.41, 5.74) is 0. The number of carboxylic acids is 1. The number of nitrogens with one attached hydrogen (secondary N) is 1. The second kappa shape index (κ2) is 6.69. The van der Waals surface area contributed by atoms with E-state index in [0.29, 0.717) is 45.6 Å². The first-order valence-corrected chi connectivity index (χ1v) is 7.06. The molecule has 0 aromatic rings. The van der Waals surface area contributed by atoms with Crippen LogP contribution < -0.4 is 5.32 Å². The van der Waals surface area contributed by atoms with Gasteiger partial charge in [-0.15, -0.1) is 0 Å². The highest BCUT2D eigenvalue weighted by Crippen LogP contribution is 2.15. The van der Waals surface area contributed by atoms with E-state index in [2.05, 4.69) is 5.32 Å². The second-order valence-corrected chi connectivity index (χ2v) is 5.39. The summed E-state index contributed by atoms with van der Waals surface area (Å²) >= 11 is 0. The summed E-state index contributed by atoms with van der Waals surface area (Å²) in [5, 5.41) is 11.5. The maximum Gasteiger partial charge on any atom is 0.317 e. The Balaban J connectivity index is 1.85. The fourth-order valence-corrected chi connectivity index (χ4v) is 2.74. The Kier molecular flexibility index (Phi) is 4.94. The van der Waals surface area contributed by atoms with Crippen LogP contribution in [-0.2, 0) is 14.4 Å². The highest BCUT2D eigenvalue weighted by molar-refractivity contribution is 5.83. The van der Waals surface area contributed by atoms with Crippen LogP contribution in [0.4, 0.5) is 0 Å². The van der Waals surface area contributed by atoms with Crippen LogP contribution in [0.25, 0.3) is 0 Å². The van der Waals surface area contributed by atoms with Gasteiger partial charge in [0.15, 0.2) is 0 Å². The van der Waals surface area contributed by atoms with Gasteiger partial charge in [0.1, 0.15) is 0 Å². The maximum atomic E-state index is 12.4. The molecule has 2 amide bonds. The number of carboxylic acid groups (broad SMARTS) is 1. The number of carbonyl (C=O) groups is 3. The van der Waals surface area contributed by atoms with Gasteiger partial charge in [-0.3, -0.25) is 19.3 Å². The van der Waals surface area contributed by atoms with E-state index in [-0.39, 0.29) is 24.3 Å². The van der Waals surface area contributed by atoms with Gasteiger partial charge in [-0.2, -0.15) is 0 Å². The van der Waals surface area contributed by atoms with Crippen molar-refractivity contribution >= 4 is 17.8 Å². The van der Waals surface area contributed by atoms with E-state index in [9.17, 15) is 14.4 Å². The molecule has 0 aliphatic carbocycles. The highest BCUT2D eigenvalue weighted by Gasteiger charge is 2.29. The van der Waals surface area contributed by atoms with E-state index in [1.54, 1.807) is 0 Å². The Morgan fingerprint density at radius 3 is 2.70 bits per heavy atom. The van der Waals surface area contributed by atoms with E-state index in [1.165, 1.54) is 0 Å². The molecule has 1 unspecified atom stereocenters. The molecular weight excluding hydrogens is 262 g/mol. The molecule has 2 aliphatic rings. The zero-order valence-electron chi connectivity index (χ0n) is 11.5. The molecule has 0 aromatic carbocycles. The van der Waals surface area contributed by atoms with Gasteiger partial charge in [0.2, 0.25) is 11.8 Å². The van der Waals surface area contributed by atoms with Crippen LogP contribution in [0.2, 0.25) is 0 Å². The van der Waals surface area contributed by atoms with Crippen LogP contribution in [0.3, 0.4) is 0 Å². The van der Waals surface area contributed by atoms with E-state index >= 15 is 0 Å². The first kappa shape index (κ1) is 14.8.